The van der Waals surface area contributed by atoms with Crippen LogP contribution in [0.2, 0.25) is 13.1 Å². The molecule has 0 unspecified atom stereocenters. The summed E-state index contributed by atoms with van der Waals surface area (Å²) in [6.07, 6.45) is 0. The molecule has 0 spiro atoms. The zero-order valence-electron chi connectivity index (χ0n) is 3.39. The first-order valence-corrected chi connectivity index (χ1v) is 4.34. The van der Waals surface area contributed by atoms with Gasteiger partial charge in [0.05, 0.1) is 0 Å². The third-order valence-corrected chi connectivity index (χ3v) is 0. The van der Waals surface area contributed by atoms with Crippen LogP contribution < -0.4 is 0 Å². The van der Waals surface area contributed by atoms with Crippen molar-refractivity contribution in [3.8, 4) is 0 Å². The van der Waals surface area contributed by atoms with E-state index in [1.54, 1.807) is 0 Å². The second-order valence-electron chi connectivity index (χ2n) is 1.49. The lowest BCUT2D eigenvalue weighted by molar-refractivity contribution is 0.382. The second-order valence-corrected chi connectivity index (χ2v) is 4.48. The normalized spacial score (nSPS) is 8.57. The van der Waals surface area contributed by atoms with E-state index in [1.807, 2.05) is 0 Å². The number of hydrogen-bond donors (Lipinski definition) is 2. The highest BCUT2D eigenvalue weighted by molar-refractivity contribution is 6.61. The summed E-state index contributed by atoms with van der Waals surface area (Å²) in [5, 5.41) is 0. The molecule has 3 heteroatoms. The SMILES string of the molecule is C.C.C[Si](C)(O)O. The molecule has 2 nitrogen and oxygen atoms in total. The van der Waals surface area contributed by atoms with Gasteiger partial charge in [0.2, 0.25) is 0 Å². The van der Waals surface area contributed by atoms with Crippen LogP contribution in [0.5, 0.6) is 0 Å². The van der Waals surface area contributed by atoms with Gasteiger partial charge in [-0.25, -0.2) is 0 Å². The van der Waals surface area contributed by atoms with E-state index in [2.05, 4.69) is 0 Å². The van der Waals surface area contributed by atoms with Crippen molar-refractivity contribution in [2.24, 2.45) is 0 Å². The van der Waals surface area contributed by atoms with Crippen LogP contribution in [0.1, 0.15) is 14.9 Å². The molecule has 0 saturated carbocycles. The summed E-state index contributed by atoms with van der Waals surface area (Å²) in [5.41, 5.74) is 0. The summed E-state index contributed by atoms with van der Waals surface area (Å²) < 4.78 is 0. The third-order valence-electron chi connectivity index (χ3n) is 0. The van der Waals surface area contributed by atoms with Gasteiger partial charge in [0.15, 0.2) is 0 Å². The molecule has 0 bridgehead atoms. The van der Waals surface area contributed by atoms with Crippen molar-refractivity contribution < 1.29 is 9.59 Å². The Hall–Kier alpha value is 0.137. The lowest BCUT2D eigenvalue weighted by Crippen LogP contribution is -2.23. The van der Waals surface area contributed by atoms with E-state index < -0.39 is 8.56 Å². The van der Waals surface area contributed by atoms with Crippen molar-refractivity contribution in [3.63, 3.8) is 0 Å². The van der Waals surface area contributed by atoms with Gasteiger partial charge in [-0.2, -0.15) is 0 Å². The standard InChI is InChI=1S/C2H8O2Si.2CH4/c1-5(2,3)4;;/h3-4H,1-2H3;2*1H4. The van der Waals surface area contributed by atoms with E-state index >= 15 is 0 Å². The van der Waals surface area contributed by atoms with Crippen LogP contribution >= 0.6 is 0 Å². The Morgan fingerprint density at radius 3 is 1.00 bits per heavy atom. The molecule has 0 radical (unpaired) electrons. The molecule has 0 aliphatic heterocycles. The number of rotatable bonds is 0. The fourth-order valence-corrected chi connectivity index (χ4v) is 0. The van der Waals surface area contributed by atoms with Gasteiger partial charge in [-0.05, 0) is 13.1 Å². The molecule has 0 aliphatic carbocycles. The minimum Gasteiger partial charge on any atom is -0.411 e. The highest BCUT2D eigenvalue weighted by Crippen LogP contribution is 1.82. The van der Waals surface area contributed by atoms with E-state index in [9.17, 15) is 0 Å². The van der Waals surface area contributed by atoms with Crippen molar-refractivity contribution in [1.82, 2.24) is 0 Å². The van der Waals surface area contributed by atoms with Crippen LogP contribution in [0.15, 0.2) is 0 Å². The van der Waals surface area contributed by atoms with Crippen molar-refractivity contribution >= 4 is 8.56 Å². The molecule has 0 aromatic carbocycles. The maximum absolute atomic E-state index is 8.22. The zero-order chi connectivity index (χ0) is 4.50. The minimum absolute atomic E-state index is 0. The maximum atomic E-state index is 8.22. The van der Waals surface area contributed by atoms with Crippen molar-refractivity contribution in [3.05, 3.63) is 0 Å². The quantitative estimate of drug-likeness (QED) is 0.472. The lowest BCUT2D eigenvalue weighted by atomic mass is 11.9. The van der Waals surface area contributed by atoms with Gasteiger partial charge in [-0.1, -0.05) is 14.9 Å². The van der Waals surface area contributed by atoms with Crippen molar-refractivity contribution in [2.45, 2.75) is 27.9 Å². The molecular weight excluding hydrogens is 108 g/mol. The molecule has 7 heavy (non-hydrogen) atoms. The van der Waals surface area contributed by atoms with Gasteiger partial charge < -0.3 is 9.59 Å². The van der Waals surface area contributed by atoms with Gasteiger partial charge >= 0.3 is 8.56 Å². The third kappa shape index (κ3) is 5610. The average Bonchev–Trinajstić information content (AvgIpc) is 0.722. The molecule has 0 rings (SSSR count). The predicted octanol–water partition coefficient (Wildman–Crippen LogP) is 0.945. The van der Waals surface area contributed by atoms with Crippen LogP contribution in [0.25, 0.3) is 0 Å². The Bertz CT molecular complexity index is 25.2. The fourth-order valence-electron chi connectivity index (χ4n) is 0. The average molecular weight is 124 g/mol. The summed E-state index contributed by atoms with van der Waals surface area (Å²) in [4.78, 5) is 16.4. The lowest BCUT2D eigenvalue weighted by Gasteiger charge is -1.97. The Morgan fingerprint density at radius 1 is 1.00 bits per heavy atom. The fraction of sp³-hybridized carbons (Fsp3) is 1.00. The Morgan fingerprint density at radius 2 is 1.00 bits per heavy atom. The summed E-state index contributed by atoms with van der Waals surface area (Å²) in [7, 11) is -2.61. The molecule has 0 fully saturated rings. The van der Waals surface area contributed by atoms with Gasteiger partial charge in [-0.15, -0.1) is 0 Å². The van der Waals surface area contributed by atoms with Gasteiger partial charge in [0.25, 0.3) is 0 Å². The highest BCUT2D eigenvalue weighted by Gasteiger charge is 2.08. The van der Waals surface area contributed by atoms with Crippen LogP contribution in [0, 0.1) is 0 Å². The van der Waals surface area contributed by atoms with E-state index in [1.165, 1.54) is 13.1 Å². The molecule has 0 atom stereocenters. The van der Waals surface area contributed by atoms with E-state index in [0.29, 0.717) is 0 Å². The topological polar surface area (TPSA) is 40.5 Å². The smallest absolute Gasteiger partial charge is 0.326 e. The first kappa shape index (κ1) is 15.7. The predicted molar refractivity (Wildman–Crippen MR) is 35.4 cm³/mol. The molecule has 0 saturated heterocycles. The van der Waals surface area contributed by atoms with Gasteiger partial charge in [-0.3, -0.25) is 0 Å². The summed E-state index contributed by atoms with van der Waals surface area (Å²) in [5.74, 6) is 0. The monoisotopic (exact) mass is 124 g/mol. The van der Waals surface area contributed by atoms with Crippen molar-refractivity contribution in [2.75, 3.05) is 0 Å². The molecule has 0 aliphatic rings. The number of hydrogen-bond acceptors (Lipinski definition) is 2. The van der Waals surface area contributed by atoms with Crippen LogP contribution in [-0.2, 0) is 0 Å². The van der Waals surface area contributed by atoms with Crippen LogP contribution in [0.3, 0.4) is 0 Å². The van der Waals surface area contributed by atoms with Gasteiger partial charge in [0, 0.05) is 0 Å². The first-order chi connectivity index (χ1) is 2.00. The van der Waals surface area contributed by atoms with E-state index in [-0.39, 0.29) is 14.9 Å². The molecule has 48 valence electrons. The van der Waals surface area contributed by atoms with E-state index in [0.717, 1.165) is 0 Å². The summed E-state index contributed by atoms with van der Waals surface area (Å²) in [6.45, 7) is 2.88. The second kappa shape index (κ2) is 4.30. The molecular formula is C4H16O2Si. The maximum Gasteiger partial charge on any atom is 0.326 e. The summed E-state index contributed by atoms with van der Waals surface area (Å²) in [6, 6.07) is 0. The first-order valence-electron chi connectivity index (χ1n) is 1.45. The Balaban J connectivity index is -0.0000000800. The molecule has 2 N–H and O–H groups in total. The molecule has 0 aromatic heterocycles. The van der Waals surface area contributed by atoms with E-state index in [4.69, 9.17) is 9.59 Å². The zero-order valence-corrected chi connectivity index (χ0v) is 4.39. The molecule has 0 heterocycles. The molecule has 0 aromatic rings. The Labute approximate surface area is 47.1 Å². The minimum atomic E-state index is -2.61. The highest BCUT2D eigenvalue weighted by atomic mass is 28.4. The largest absolute Gasteiger partial charge is 0.411 e. The molecule has 0 amide bonds. The van der Waals surface area contributed by atoms with Crippen LogP contribution in [0.4, 0.5) is 0 Å². The summed E-state index contributed by atoms with van der Waals surface area (Å²) >= 11 is 0. The van der Waals surface area contributed by atoms with Crippen molar-refractivity contribution in [1.29, 1.82) is 0 Å². The van der Waals surface area contributed by atoms with Crippen LogP contribution in [-0.4, -0.2) is 18.2 Å². The van der Waals surface area contributed by atoms with Gasteiger partial charge in [0.1, 0.15) is 0 Å². The Kier molecular flexibility index (Phi) is 9.65.